The van der Waals surface area contributed by atoms with E-state index in [1.807, 2.05) is 70.2 Å². The molecule has 1 fully saturated rings. The maximum Gasteiger partial charge on any atom is 0.342 e. The maximum atomic E-state index is 13.6. The van der Waals surface area contributed by atoms with Gasteiger partial charge >= 0.3 is 5.97 Å². The number of fused-ring (bicyclic) bond motifs is 2. The second kappa shape index (κ2) is 13.5. The zero-order chi connectivity index (χ0) is 29.6. The number of rotatable bonds is 7. The molecule has 9 heteroatoms. The Hall–Kier alpha value is -3.37. The molecule has 41 heavy (non-hydrogen) atoms. The molecule has 2 unspecified atom stereocenters. The summed E-state index contributed by atoms with van der Waals surface area (Å²) in [7, 11) is 3.13. The number of esters is 1. The molecule has 1 N–H and O–H groups in total. The molecule has 2 aliphatic rings. The number of hydrogen-bond acceptors (Lipinski definition) is 9. The predicted octanol–water partition coefficient (Wildman–Crippen LogP) is 5.29. The van der Waals surface area contributed by atoms with Gasteiger partial charge in [-0.15, -0.1) is 0 Å². The van der Waals surface area contributed by atoms with E-state index in [1.165, 1.54) is 7.11 Å². The molecular formula is C32H40O9. The van der Waals surface area contributed by atoms with Gasteiger partial charge in [-0.2, -0.15) is 0 Å². The summed E-state index contributed by atoms with van der Waals surface area (Å²) < 4.78 is 40.3. The molecule has 9 nitrogen and oxygen atoms in total. The molecule has 0 aromatic heterocycles. The molecule has 0 saturated carbocycles. The molecule has 222 valence electrons. The lowest BCUT2D eigenvalue weighted by molar-refractivity contribution is -0.152. The highest BCUT2D eigenvalue weighted by Gasteiger charge is 2.43. The second-order valence-electron chi connectivity index (χ2n) is 10.7. The number of methoxy groups -OCH3 is 2. The molecule has 0 radical (unpaired) electrons. The van der Waals surface area contributed by atoms with Crippen LogP contribution in [0.3, 0.4) is 0 Å². The Kier molecular flexibility index (Phi) is 10.1. The van der Waals surface area contributed by atoms with Gasteiger partial charge in [0.2, 0.25) is 0 Å². The predicted molar refractivity (Wildman–Crippen MR) is 153 cm³/mol. The van der Waals surface area contributed by atoms with Crippen molar-refractivity contribution in [2.24, 2.45) is 5.92 Å². The molecule has 2 heterocycles. The first-order chi connectivity index (χ1) is 19.6. The summed E-state index contributed by atoms with van der Waals surface area (Å²) in [6.45, 7) is 7.61. The van der Waals surface area contributed by atoms with Crippen molar-refractivity contribution in [3.63, 3.8) is 0 Å². The lowest BCUT2D eigenvalue weighted by Crippen LogP contribution is -2.34. The van der Waals surface area contributed by atoms with Gasteiger partial charge in [-0.1, -0.05) is 43.4 Å². The van der Waals surface area contributed by atoms with Gasteiger partial charge in [0.05, 0.1) is 13.2 Å². The van der Waals surface area contributed by atoms with Crippen LogP contribution in [0, 0.1) is 5.92 Å². The number of benzene rings is 2. The van der Waals surface area contributed by atoms with E-state index in [0.717, 1.165) is 11.3 Å². The molecule has 4 rings (SSSR count). The Balaban J connectivity index is 1.71. The summed E-state index contributed by atoms with van der Waals surface area (Å²) in [6.07, 6.45) is 5.31. The van der Waals surface area contributed by atoms with E-state index in [0.29, 0.717) is 24.3 Å². The molecule has 0 amide bonds. The molecule has 0 bridgehead atoms. The third-order valence-corrected chi connectivity index (χ3v) is 7.08. The first kappa shape index (κ1) is 30.6. The SMILES string of the molecule is COCOc1cc(OCc2ccc(OC)cc2)cc2c1C(=O)O[C@@H](C)[C@H](C)C=CC(O)C1OC(C)(C)O[C@H]1CC=C2. The highest BCUT2D eigenvalue weighted by molar-refractivity contribution is 5.97. The van der Waals surface area contributed by atoms with Crippen LogP contribution in [0.15, 0.2) is 54.6 Å². The Morgan fingerprint density at radius 1 is 1.00 bits per heavy atom. The van der Waals surface area contributed by atoms with Crippen LogP contribution in [0.25, 0.3) is 6.08 Å². The molecule has 1 saturated heterocycles. The highest BCUT2D eigenvalue weighted by atomic mass is 16.8. The highest BCUT2D eigenvalue weighted by Crippen LogP contribution is 2.35. The first-order valence-corrected chi connectivity index (χ1v) is 13.7. The van der Waals surface area contributed by atoms with E-state index in [-0.39, 0.29) is 24.0 Å². The van der Waals surface area contributed by atoms with Crippen molar-refractivity contribution in [1.29, 1.82) is 0 Å². The maximum absolute atomic E-state index is 13.6. The van der Waals surface area contributed by atoms with Crippen molar-refractivity contribution < 1.29 is 43.1 Å². The van der Waals surface area contributed by atoms with Crippen LogP contribution in [0.4, 0.5) is 0 Å². The molecule has 2 aromatic rings. The van der Waals surface area contributed by atoms with Crippen LogP contribution in [0.1, 0.15) is 55.6 Å². The lowest BCUT2D eigenvalue weighted by Gasteiger charge is -2.23. The van der Waals surface area contributed by atoms with Crippen LogP contribution in [-0.2, 0) is 25.6 Å². The van der Waals surface area contributed by atoms with E-state index in [2.05, 4.69) is 0 Å². The molecule has 0 spiro atoms. The summed E-state index contributed by atoms with van der Waals surface area (Å²) in [5.74, 6) is -0.0229. The quantitative estimate of drug-likeness (QED) is 0.271. The van der Waals surface area contributed by atoms with Crippen LogP contribution in [0.5, 0.6) is 17.2 Å². The largest absolute Gasteiger partial charge is 0.497 e. The number of ether oxygens (including phenoxy) is 7. The normalized spacial score (nSPS) is 25.9. The standard InChI is InChI=1S/C32H40O9/c1-20-10-15-26(33)30-27(40-32(3,4)41-30)9-7-8-23-16-25(37-18-22-11-13-24(36-6)14-12-22)17-28(38-19-35-5)29(23)31(34)39-21(20)2/h7-8,10-17,20-21,26-27,30,33H,9,18-19H2,1-6H3/t20-,21+,26?,27+,30?/m1/s1. The van der Waals surface area contributed by atoms with Gasteiger partial charge < -0.3 is 38.3 Å². The number of carbonyl (C=O) groups is 1. The average molecular weight is 569 g/mol. The fourth-order valence-corrected chi connectivity index (χ4v) is 4.72. The van der Waals surface area contributed by atoms with Gasteiger partial charge in [-0.05, 0) is 56.5 Å². The molecular weight excluding hydrogens is 528 g/mol. The third-order valence-electron chi connectivity index (χ3n) is 7.08. The smallest absolute Gasteiger partial charge is 0.342 e. The van der Waals surface area contributed by atoms with Crippen LogP contribution < -0.4 is 14.2 Å². The summed E-state index contributed by atoms with van der Waals surface area (Å²) in [5, 5.41) is 10.9. The summed E-state index contributed by atoms with van der Waals surface area (Å²) in [5.41, 5.74) is 1.76. The van der Waals surface area contributed by atoms with Gasteiger partial charge in [0.15, 0.2) is 12.6 Å². The fraction of sp³-hybridized carbons (Fsp3) is 0.469. The number of aliphatic hydroxyl groups is 1. The third kappa shape index (κ3) is 7.89. The van der Waals surface area contributed by atoms with Crippen molar-refractivity contribution in [2.45, 2.75) is 70.9 Å². The number of cyclic esters (lactones) is 1. The van der Waals surface area contributed by atoms with E-state index in [1.54, 1.807) is 25.3 Å². The minimum Gasteiger partial charge on any atom is -0.497 e. The van der Waals surface area contributed by atoms with Gasteiger partial charge in [-0.25, -0.2) is 4.79 Å². The number of hydrogen-bond donors (Lipinski definition) is 1. The molecule has 0 aliphatic carbocycles. The van der Waals surface area contributed by atoms with Crippen molar-refractivity contribution in [2.75, 3.05) is 21.0 Å². The minimum absolute atomic E-state index is 0.0675. The monoisotopic (exact) mass is 568 g/mol. The number of carbonyl (C=O) groups excluding carboxylic acids is 1. The van der Waals surface area contributed by atoms with E-state index >= 15 is 0 Å². The van der Waals surface area contributed by atoms with Crippen molar-refractivity contribution >= 4 is 12.0 Å². The van der Waals surface area contributed by atoms with Crippen LogP contribution in [0.2, 0.25) is 0 Å². The summed E-state index contributed by atoms with van der Waals surface area (Å²) in [4.78, 5) is 13.6. The molecule has 2 aromatic carbocycles. The Morgan fingerprint density at radius 3 is 2.46 bits per heavy atom. The summed E-state index contributed by atoms with van der Waals surface area (Å²) >= 11 is 0. The second-order valence-corrected chi connectivity index (χ2v) is 10.7. The van der Waals surface area contributed by atoms with Crippen molar-refractivity contribution in [3.05, 3.63) is 71.3 Å². The Labute approximate surface area is 241 Å². The van der Waals surface area contributed by atoms with Gasteiger partial charge in [0.1, 0.15) is 47.7 Å². The Morgan fingerprint density at radius 2 is 1.76 bits per heavy atom. The fourth-order valence-electron chi connectivity index (χ4n) is 4.72. The molecule has 5 atom stereocenters. The summed E-state index contributed by atoms with van der Waals surface area (Å²) in [6, 6.07) is 11.0. The van der Waals surface area contributed by atoms with E-state index in [9.17, 15) is 9.90 Å². The lowest BCUT2D eigenvalue weighted by atomic mass is 9.99. The van der Waals surface area contributed by atoms with Crippen molar-refractivity contribution in [1.82, 2.24) is 0 Å². The first-order valence-electron chi connectivity index (χ1n) is 13.7. The topological polar surface area (TPSA) is 102 Å². The Bertz CT molecular complexity index is 1230. The van der Waals surface area contributed by atoms with Crippen LogP contribution in [-0.4, -0.2) is 62.3 Å². The van der Waals surface area contributed by atoms with Crippen molar-refractivity contribution in [3.8, 4) is 17.2 Å². The van der Waals surface area contributed by atoms with E-state index < -0.39 is 36.2 Å². The zero-order valence-electron chi connectivity index (χ0n) is 24.5. The van der Waals surface area contributed by atoms with Gasteiger partial charge in [0.25, 0.3) is 0 Å². The number of aliphatic hydroxyl groups excluding tert-OH is 1. The van der Waals surface area contributed by atoms with Gasteiger partial charge in [0, 0.05) is 19.1 Å². The molecule has 2 aliphatic heterocycles. The van der Waals surface area contributed by atoms with E-state index in [4.69, 9.17) is 33.2 Å². The van der Waals surface area contributed by atoms with Gasteiger partial charge in [-0.3, -0.25) is 0 Å². The average Bonchev–Trinajstić information content (AvgIpc) is 3.27. The van der Waals surface area contributed by atoms with Crippen LogP contribution >= 0.6 is 0 Å². The minimum atomic E-state index is -0.886. The zero-order valence-corrected chi connectivity index (χ0v) is 24.5.